The molecule has 5 heteroatoms. The molecule has 5 nitrogen and oxygen atoms in total. The van der Waals surface area contributed by atoms with Crippen LogP contribution in [0.1, 0.15) is 52.9 Å². The lowest BCUT2D eigenvalue weighted by Gasteiger charge is -2.41. The maximum atomic E-state index is 11.9. The van der Waals surface area contributed by atoms with Crippen molar-refractivity contribution in [3.05, 3.63) is 0 Å². The maximum Gasteiger partial charge on any atom is 0.408 e. The summed E-state index contributed by atoms with van der Waals surface area (Å²) in [6.07, 6.45) is 3.44. The number of nitrogens with one attached hydrogen (secondary N) is 1. The fraction of sp³-hybridized carbons (Fsp3) is 0.923. The molecular formula is C13H26N2O3. The summed E-state index contributed by atoms with van der Waals surface area (Å²) in [5.41, 5.74) is 4.40. The van der Waals surface area contributed by atoms with Gasteiger partial charge in [0.15, 0.2) is 0 Å². The lowest BCUT2D eigenvalue weighted by molar-refractivity contribution is 0.0111. The molecule has 0 unspecified atom stereocenters. The fourth-order valence-corrected chi connectivity index (χ4v) is 2.46. The van der Waals surface area contributed by atoms with Gasteiger partial charge in [0.1, 0.15) is 5.60 Å². The van der Waals surface area contributed by atoms with Gasteiger partial charge in [-0.2, -0.15) is 0 Å². The average molecular weight is 258 g/mol. The minimum absolute atomic E-state index is 0.149. The van der Waals surface area contributed by atoms with Crippen molar-refractivity contribution in [3.8, 4) is 0 Å². The monoisotopic (exact) mass is 258 g/mol. The van der Waals surface area contributed by atoms with Crippen LogP contribution in [0, 0.1) is 0 Å². The number of carbonyl (C=O) groups is 1. The van der Waals surface area contributed by atoms with E-state index in [4.69, 9.17) is 10.5 Å². The predicted octanol–water partition coefficient (Wildman–Crippen LogP) is 1.53. The van der Waals surface area contributed by atoms with Crippen LogP contribution in [-0.4, -0.2) is 35.0 Å². The smallest absolute Gasteiger partial charge is 0.408 e. The highest BCUT2D eigenvalue weighted by molar-refractivity contribution is 5.69. The Morgan fingerprint density at radius 3 is 2.39 bits per heavy atom. The normalized spacial score (nSPS) is 21.2. The number of aliphatic hydroxyl groups excluding tert-OH is 1. The molecule has 0 radical (unpaired) electrons. The molecule has 1 saturated carbocycles. The van der Waals surface area contributed by atoms with E-state index < -0.39 is 23.3 Å². The lowest BCUT2D eigenvalue weighted by Crippen LogP contribution is -2.60. The molecule has 1 rings (SSSR count). The molecule has 0 saturated heterocycles. The first-order chi connectivity index (χ1) is 8.29. The van der Waals surface area contributed by atoms with Gasteiger partial charge < -0.3 is 20.9 Å². The van der Waals surface area contributed by atoms with Gasteiger partial charge in [-0.1, -0.05) is 19.3 Å². The highest BCUT2D eigenvalue weighted by atomic mass is 16.6. The van der Waals surface area contributed by atoms with Crippen molar-refractivity contribution in [1.29, 1.82) is 0 Å². The second kappa shape index (κ2) is 5.89. The van der Waals surface area contributed by atoms with Crippen molar-refractivity contribution in [2.75, 3.05) is 6.54 Å². The van der Waals surface area contributed by atoms with E-state index in [-0.39, 0.29) is 6.54 Å². The molecule has 1 amide bonds. The highest BCUT2D eigenvalue weighted by Crippen LogP contribution is 2.31. The molecule has 1 fully saturated rings. The minimum atomic E-state index is -0.717. The van der Waals surface area contributed by atoms with Crippen LogP contribution in [0.2, 0.25) is 0 Å². The molecule has 0 bridgehead atoms. The Hall–Kier alpha value is -0.810. The van der Waals surface area contributed by atoms with E-state index >= 15 is 0 Å². The van der Waals surface area contributed by atoms with E-state index in [2.05, 4.69) is 5.32 Å². The van der Waals surface area contributed by atoms with Gasteiger partial charge in [-0.05, 0) is 33.6 Å². The Morgan fingerprint density at radius 1 is 1.39 bits per heavy atom. The number of nitrogens with two attached hydrogens (primary N) is 1. The third-order valence-electron chi connectivity index (χ3n) is 3.36. The van der Waals surface area contributed by atoms with Gasteiger partial charge in [0.25, 0.3) is 0 Å². The number of hydrogen-bond donors (Lipinski definition) is 3. The first-order valence-corrected chi connectivity index (χ1v) is 6.68. The summed E-state index contributed by atoms with van der Waals surface area (Å²) in [6.45, 7) is 5.61. The molecule has 106 valence electrons. The summed E-state index contributed by atoms with van der Waals surface area (Å²) >= 11 is 0. The van der Waals surface area contributed by atoms with Gasteiger partial charge in [0, 0.05) is 6.54 Å². The van der Waals surface area contributed by atoms with E-state index in [0.29, 0.717) is 0 Å². The summed E-state index contributed by atoms with van der Waals surface area (Å²) in [5.74, 6) is 0. The molecule has 0 aromatic carbocycles. The van der Waals surface area contributed by atoms with Crippen molar-refractivity contribution in [3.63, 3.8) is 0 Å². The Bertz CT molecular complexity index is 280. The van der Waals surface area contributed by atoms with Crippen molar-refractivity contribution in [2.24, 2.45) is 5.73 Å². The third kappa shape index (κ3) is 4.14. The van der Waals surface area contributed by atoms with E-state index in [0.717, 1.165) is 32.1 Å². The summed E-state index contributed by atoms with van der Waals surface area (Å²) in [4.78, 5) is 11.9. The number of alkyl carbamates (subject to hydrolysis) is 1. The van der Waals surface area contributed by atoms with Gasteiger partial charge in [0.05, 0.1) is 11.6 Å². The predicted molar refractivity (Wildman–Crippen MR) is 70.2 cm³/mol. The quantitative estimate of drug-likeness (QED) is 0.716. The van der Waals surface area contributed by atoms with Crippen LogP contribution in [0.5, 0.6) is 0 Å². The van der Waals surface area contributed by atoms with Gasteiger partial charge in [-0.25, -0.2) is 4.79 Å². The standard InChI is InChI=1S/C13H26N2O3/c1-12(2,3)18-11(17)15-13(10(16)9-14)7-5-4-6-8-13/h10,16H,4-9,14H2,1-3H3,(H,15,17)/t10-/m1/s1. The Kier molecular flexibility index (Phi) is 4.99. The van der Waals surface area contributed by atoms with E-state index in [1.807, 2.05) is 20.8 Å². The summed E-state index contributed by atoms with van der Waals surface area (Å²) in [6, 6.07) is 0. The molecule has 4 N–H and O–H groups in total. The molecule has 0 spiro atoms. The topological polar surface area (TPSA) is 84.6 Å². The number of carbonyl (C=O) groups excluding carboxylic acids is 1. The summed E-state index contributed by atoms with van der Waals surface area (Å²) in [7, 11) is 0. The van der Waals surface area contributed by atoms with Gasteiger partial charge >= 0.3 is 6.09 Å². The largest absolute Gasteiger partial charge is 0.444 e. The van der Waals surface area contributed by atoms with Gasteiger partial charge in [-0.15, -0.1) is 0 Å². The summed E-state index contributed by atoms with van der Waals surface area (Å²) in [5, 5.41) is 12.9. The van der Waals surface area contributed by atoms with Crippen LogP contribution in [-0.2, 0) is 4.74 Å². The molecule has 1 aliphatic carbocycles. The zero-order valence-electron chi connectivity index (χ0n) is 11.7. The summed E-state index contributed by atoms with van der Waals surface area (Å²) < 4.78 is 5.26. The third-order valence-corrected chi connectivity index (χ3v) is 3.36. The van der Waals surface area contributed by atoms with Crippen LogP contribution in [0.25, 0.3) is 0 Å². The molecule has 1 atom stereocenters. The Balaban J connectivity index is 2.70. The van der Waals surface area contributed by atoms with E-state index in [1.165, 1.54) is 0 Å². The molecule has 18 heavy (non-hydrogen) atoms. The minimum Gasteiger partial charge on any atom is -0.444 e. The Morgan fingerprint density at radius 2 is 1.94 bits per heavy atom. The number of rotatable bonds is 3. The molecular weight excluding hydrogens is 232 g/mol. The van der Waals surface area contributed by atoms with E-state index in [1.54, 1.807) is 0 Å². The van der Waals surface area contributed by atoms with Crippen LogP contribution >= 0.6 is 0 Å². The van der Waals surface area contributed by atoms with Crippen molar-refractivity contribution in [1.82, 2.24) is 5.32 Å². The molecule has 0 aromatic rings. The molecule has 0 heterocycles. The van der Waals surface area contributed by atoms with Crippen LogP contribution in [0.3, 0.4) is 0 Å². The first-order valence-electron chi connectivity index (χ1n) is 6.68. The zero-order chi connectivity index (χ0) is 13.8. The first kappa shape index (κ1) is 15.2. The number of amides is 1. The average Bonchev–Trinajstić information content (AvgIpc) is 2.26. The zero-order valence-corrected chi connectivity index (χ0v) is 11.7. The number of aliphatic hydroxyl groups is 1. The van der Waals surface area contributed by atoms with E-state index in [9.17, 15) is 9.90 Å². The van der Waals surface area contributed by atoms with Crippen LogP contribution in [0.4, 0.5) is 4.79 Å². The van der Waals surface area contributed by atoms with Crippen molar-refractivity contribution < 1.29 is 14.6 Å². The molecule has 1 aliphatic rings. The van der Waals surface area contributed by atoms with Crippen molar-refractivity contribution >= 4 is 6.09 Å². The highest BCUT2D eigenvalue weighted by Gasteiger charge is 2.40. The lowest BCUT2D eigenvalue weighted by atomic mass is 9.77. The molecule has 0 aromatic heterocycles. The second-order valence-electron chi connectivity index (χ2n) is 6.10. The van der Waals surface area contributed by atoms with Gasteiger partial charge in [-0.3, -0.25) is 0 Å². The second-order valence-corrected chi connectivity index (χ2v) is 6.10. The number of hydrogen-bond acceptors (Lipinski definition) is 4. The van der Waals surface area contributed by atoms with Crippen LogP contribution in [0.15, 0.2) is 0 Å². The fourth-order valence-electron chi connectivity index (χ4n) is 2.46. The Labute approximate surface area is 109 Å². The van der Waals surface area contributed by atoms with Gasteiger partial charge in [0.2, 0.25) is 0 Å². The molecule has 0 aliphatic heterocycles. The van der Waals surface area contributed by atoms with Crippen LogP contribution < -0.4 is 11.1 Å². The van der Waals surface area contributed by atoms with Crippen molar-refractivity contribution in [2.45, 2.75) is 70.1 Å². The maximum absolute atomic E-state index is 11.9. The number of ether oxygens (including phenoxy) is 1. The SMILES string of the molecule is CC(C)(C)OC(=O)NC1([C@H](O)CN)CCCCC1.